The summed E-state index contributed by atoms with van der Waals surface area (Å²) in [6.45, 7) is 0.489. The number of fused-ring (bicyclic) bond motifs is 2. The van der Waals surface area contributed by atoms with Gasteiger partial charge in [0.05, 0.1) is 16.7 Å². The average molecular weight is 450 g/mol. The molecule has 0 spiro atoms. The first kappa shape index (κ1) is 20.4. The zero-order valence-corrected chi connectivity index (χ0v) is 17.4. The number of sulfonamides is 1. The van der Waals surface area contributed by atoms with Crippen LogP contribution in [0.3, 0.4) is 0 Å². The predicted molar refractivity (Wildman–Crippen MR) is 110 cm³/mol. The van der Waals surface area contributed by atoms with Crippen LogP contribution in [0, 0.1) is 0 Å². The third-order valence-electron chi connectivity index (χ3n) is 6.59. The number of hydrogen-bond acceptors (Lipinski definition) is 4. The minimum Gasteiger partial charge on any atom is -0.457 e. The van der Waals surface area contributed by atoms with Crippen LogP contribution in [0.15, 0.2) is 52.9 Å². The second-order valence-corrected chi connectivity index (χ2v) is 10.1. The number of amidine groups is 1. The summed E-state index contributed by atoms with van der Waals surface area (Å²) in [5.74, 6) is 1.53. The molecule has 0 radical (unpaired) electrons. The number of rotatable bonds is 3. The summed E-state index contributed by atoms with van der Waals surface area (Å²) in [6, 6.07) is 12.3. The first-order valence-corrected chi connectivity index (χ1v) is 11.8. The molecular weight excluding hydrogens is 429 g/mol. The van der Waals surface area contributed by atoms with Crippen molar-refractivity contribution in [2.45, 2.75) is 43.3 Å². The normalized spacial score (nSPS) is 26.9. The van der Waals surface area contributed by atoms with Gasteiger partial charge in [-0.2, -0.15) is 13.2 Å². The Bertz CT molecular complexity index is 1120. The van der Waals surface area contributed by atoms with Crippen LogP contribution in [-0.2, 0) is 21.6 Å². The molecule has 0 unspecified atom stereocenters. The largest absolute Gasteiger partial charge is 0.457 e. The van der Waals surface area contributed by atoms with Crippen LogP contribution in [0.4, 0.5) is 13.2 Å². The minimum absolute atomic E-state index is 0.0585. The highest BCUT2D eigenvalue weighted by Crippen LogP contribution is 2.49. The molecule has 0 aromatic heterocycles. The van der Waals surface area contributed by atoms with E-state index in [0.717, 1.165) is 43.4 Å². The van der Waals surface area contributed by atoms with Gasteiger partial charge < -0.3 is 9.64 Å². The Labute approximate surface area is 178 Å². The van der Waals surface area contributed by atoms with E-state index in [4.69, 9.17) is 4.74 Å². The number of alkyl halides is 3. The van der Waals surface area contributed by atoms with Gasteiger partial charge in [0.2, 0.25) is 0 Å². The van der Waals surface area contributed by atoms with Crippen LogP contribution >= 0.6 is 0 Å². The van der Waals surface area contributed by atoms with Crippen LogP contribution in [0.1, 0.15) is 36.8 Å². The van der Waals surface area contributed by atoms with Crippen molar-refractivity contribution >= 4 is 15.9 Å². The lowest BCUT2D eigenvalue weighted by molar-refractivity contribution is -0.137. The van der Waals surface area contributed by atoms with Gasteiger partial charge in [0.15, 0.2) is 0 Å². The highest BCUT2D eigenvalue weighted by atomic mass is 32.2. The molecule has 3 heterocycles. The molecule has 9 heteroatoms. The van der Waals surface area contributed by atoms with Crippen molar-refractivity contribution in [1.82, 2.24) is 4.90 Å². The predicted octanol–water partition coefficient (Wildman–Crippen LogP) is 4.74. The molecule has 3 fully saturated rings. The molecule has 1 saturated carbocycles. The number of piperidine rings is 2. The van der Waals surface area contributed by atoms with Crippen LogP contribution in [-0.4, -0.2) is 37.5 Å². The van der Waals surface area contributed by atoms with Gasteiger partial charge in [-0.25, -0.2) is 8.42 Å². The Kier molecular flexibility index (Phi) is 4.58. The molecule has 0 amide bonds. The zero-order valence-electron chi connectivity index (χ0n) is 16.6. The molecule has 2 saturated heterocycles. The molecule has 0 N–H and O–H groups in total. The van der Waals surface area contributed by atoms with E-state index in [1.165, 1.54) is 12.1 Å². The summed E-state index contributed by atoms with van der Waals surface area (Å²) in [5, 5.41) is 0. The van der Waals surface area contributed by atoms with E-state index < -0.39 is 27.2 Å². The van der Waals surface area contributed by atoms with Gasteiger partial charge in [-0.1, -0.05) is 12.1 Å². The quantitative estimate of drug-likeness (QED) is 0.678. The fourth-order valence-electron chi connectivity index (χ4n) is 5.01. The Morgan fingerprint density at radius 3 is 2.13 bits per heavy atom. The molecule has 1 aliphatic carbocycles. The van der Waals surface area contributed by atoms with E-state index in [-0.39, 0.29) is 5.75 Å². The first-order chi connectivity index (χ1) is 14.7. The standard InChI is InChI=1S/C22H21F3N2O3S/c23-22(24,25)16-3-7-19(8-4-16)30-18-5-1-15(2-6-18)21-11-9-17(10-12-21)27-13-14-31(28,29)26-20(21)27/h1-8,17H,9-14H2. The van der Waals surface area contributed by atoms with Crippen LogP contribution in [0.5, 0.6) is 11.5 Å². The molecule has 4 aliphatic rings. The maximum absolute atomic E-state index is 12.7. The SMILES string of the molecule is O=S1(=O)CCN2C(=N1)C1(c3ccc(Oc4ccc(C(F)(F)F)cc4)cc3)CCC2CC1. The van der Waals surface area contributed by atoms with Gasteiger partial charge in [0.1, 0.15) is 17.3 Å². The first-order valence-electron chi connectivity index (χ1n) is 10.2. The Morgan fingerprint density at radius 2 is 1.55 bits per heavy atom. The van der Waals surface area contributed by atoms with Gasteiger partial charge in [0, 0.05) is 12.6 Å². The highest BCUT2D eigenvalue weighted by molar-refractivity contribution is 7.90. The summed E-state index contributed by atoms with van der Waals surface area (Å²) >= 11 is 0. The van der Waals surface area contributed by atoms with Gasteiger partial charge in [-0.3, -0.25) is 0 Å². The zero-order chi connectivity index (χ0) is 21.9. The molecule has 2 bridgehead atoms. The van der Waals surface area contributed by atoms with E-state index in [1.807, 2.05) is 12.1 Å². The van der Waals surface area contributed by atoms with Crippen LogP contribution < -0.4 is 4.74 Å². The van der Waals surface area contributed by atoms with Gasteiger partial charge in [-0.15, -0.1) is 4.40 Å². The van der Waals surface area contributed by atoms with Crippen LogP contribution in [0.2, 0.25) is 0 Å². The number of ether oxygens (including phenoxy) is 1. The highest BCUT2D eigenvalue weighted by Gasteiger charge is 2.52. The summed E-state index contributed by atoms with van der Waals surface area (Å²) in [6.07, 6.45) is -0.684. The third-order valence-corrected chi connectivity index (χ3v) is 7.74. The fraction of sp³-hybridized carbons (Fsp3) is 0.409. The molecule has 5 nitrogen and oxygen atoms in total. The number of halogens is 3. The number of hydrogen-bond donors (Lipinski definition) is 0. The molecule has 2 aromatic carbocycles. The molecule has 31 heavy (non-hydrogen) atoms. The van der Waals surface area contributed by atoms with E-state index in [9.17, 15) is 21.6 Å². The lowest BCUT2D eigenvalue weighted by atomic mass is 9.63. The van der Waals surface area contributed by atoms with Gasteiger partial charge in [-0.05, 0) is 67.6 Å². The minimum atomic E-state index is -4.39. The van der Waals surface area contributed by atoms with Crippen molar-refractivity contribution < 1.29 is 26.3 Å². The van der Waals surface area contributed by atoms with Crippen molar-refractivity contribution in [3.05, 3.63) is 59.7 Å². The maximum atomic E-state index is 12.7. The van der Waals surface area contributed by atoms with E-state index in [0.29, 0.717) is 29.9 Å². The lowest BCUT2D eigenvalue weighted by Crippen LogP contribution is -2.62. The summed E-state index contributed by atoms with van der Waals surface area (Å²) in [5.41, 5.74) is -0.156. The van der Waals surface area contributed by atoms with Crippen molar-refractivity contribution in [3.63, 3.8) is 0 Å². The van der Waals surface area contributed by atoms with E-state index >= 15 is 0 Å². The fourth-order valence-corrected chi connectivity index (χ4v) is 6.07. The Balaban J connectivity index is 1.41. The smallest absolute Gasteiger partial charge is 0.416 e. The van der Waals surface area contributed by atoms with Crippen molar-refractivity contribution in [2.24, 2.45) is 4.40 Å². The van der Waals surface area contributed by atoms with Gasteiger partial charge >= 0.3 is 6.18 Å². The van der Waals surface area contributed by atoms with E-state index in [1.54, 1.807) is 12.1 Å². The molecular formula is C22H21F3N2O3S. The van der Waals surface area contributed by atoms with Crippen LogP contribution in [0.25, 0.3) is 0 Å². The third kappa shape index (κ3) is 3.58. The molecule has 0 atom stereocenters. The molecule has 164 valence electrons. The van der Waals surface area contributed by atoms with Crippen molar-refractivity contribution in [2.75, 3.05) is 12.3 Å². The average Bonchev–Trinajstić information content (AvgIpc) is 2.74. The molecule has 3 aliphatic heterocycles. The summed E-state index contributed by atoms with van der Waals surface area (Å²) < 4.78 is 72.4. The monoisotopic (exact) mass is 450 g/mol. The topological polar surface area (TPSA) is 59.0 Å². The number of nitrogens with zero attached hydrogens (tertiary/aromatic N) is 2. The summed E-state index contributed by atoms with van der Waals surface area (Å²) in [7, 11) is -3.44. The van der Waals surface area contributed by atoms with Crippen molar-refractivity contribution in [3.8, 4) is 11.5 Å². The molecule has 6 rings (SSSR count). The lowest BCUT2D eigenvalue weighted by Gasteiger charge is -2.55. The second-order valence-electron chi connectivity index (χ2n) is 8.36. The Morgan fingerprint density at radius 1 is 0.968 bits per heavy atom. The van der Waals surface area contributed by atoms with Crippen molar-refractivity contribution in [1.29, 1.82) is 0 Å². The van der Waals surface area contributed by atoms with E-state index in [2.05, 4.69) is 9.30 Å². The second kappa shape index (κ2) is 6.98. The summed E-state index contributed by atoms with van der Waals surface area (Å²) in [4.78, 5) is 2.17. The Hall–Kier alpha value is -2.55. The number of benzene rings is 2. The maximum Gasteiger partial charge on any atom is 0.416 e. The molecule has 2 aromatic rings. The van der Waals surface area contributed by atoms with Gasteiger partial charge in [0.25, 0.3) is 10.0 Å².